The molecule has 0 fully saturated rings. The molecule has 0 saturated carbocycles. The van der Waals surface area contributed by atoms with Gasteiger partial charge in [-0.25, -0.2) is 4.98 Å². The van der Waals surface area contributed by atoms with E-state index in [0.29, 0.717) is 18.7 Å². The lowest BCUT2D eigenvalue weighted by Gasteiger charge is -2.19. The molecule has 0 aromatic carbocycles. The molecule has 2 atom stereocenters. The van der Waals surface area contributed by atoms with Crippen molar-refractivity contribution in [3.8, 4) is 0 Å². The van der Waals surface area contributed by atoms with Gasteiger partial charge in [-0.3, -0.25) is 0 Å². The quantitative estimate of drug-likeness (QED) is 0.815. The summed E-state index contributed by atoms with van der Waals surface area (Å²) in [6, 6.07) is 0.713. The number of aromatic nitrogens is 2. The predicted octanol–water partition coefficient (Wildman–Crippen LogP) is 2.56. The van der Waals surface area contributed by atoms with Gasteiger partial charge < -0.3 is 14.6 Å². The fourth-order valence-electron chi connectivity index (χ4n) is 1.79. The molecule has 0 saturated heterocycles. The molecular formula is C12H23N3OS. The molecule has 0 bridgehead atoms. The summed E-state index contributed by atoms with van der Waals surface area (Å²) in [6.07, 6.45) is 4.18. The van der Waals surface area contributed by atoms with E-state index in [1.54, 1.807) is 7.11 Å². The minimum absolute atomic E-state index is 0.296. The normalized spacial score (nSPS) is 14.6. The topological polar surface area (TPSA) is 39.1 Å². The second kappa shape index (κ2) is 6.91. The first-order chi connectivity index (χ1) is 8.08. The summed E-state index contributed by atoms with van der Waals surface area (Å²) >= 11 is 1.84. The van der Waals surface area contributed by atoms with Gasteiger partial charge >= 0.3 is 0 Å². The Bertz CT molecular complexity index is 340. The summed E-state index contributed by atoms with van der Waals surface area (Å²) in [5.41, 5.74) is 1.03. The lowest BCUT2D eigenvalue weighted by Crippen LogP contribution is -2.22. The zero-order chi connectivity index (χ0) is 12.8. The van der Waals surface area contributed by atoms with E-state index in [4.69, 9.17) is 4.74 Å². The van der Waals surface area contributed by atoms with Crippen LogP contribution in [0.1, 0.15) is 25.6 Å². The van der Waals surface area contributed by atoms with Crippen molar-refractivity contribution in [2.75, 3.05) is 31.0 Å². The van der Waals surface area contributed by atoms with Gasteiger partial charge in [0.2, 0.25) is 5.95 Å². The number of rotatable bonds is 7. The van der Waals surface area contributed by atoms with Gasteiger partial charge in [-0.15, -0.1) is 0 Å². The highest BCUT2D eigenvalue weighted by Crippen LogP contribution is 2.17. The standard InChI is InChI=1S/C12H23N3OS/c1-9-6-15(11(3)7-16-4)12(13-9)14-10(2)8-17-5/h6,10-11H,7-8H2,1-5H3,(H,13,14). The maximum absolute atomic E-state index is 5.19. The van der Waals surface area contributed by atoms with E-state index >= 15 is 0 Å². The van der Waals surface area contributed by atoms with Crippen LogP contribution in [-0.2, 0) is 4.74 Å². The van der Waals surface area contributed by atoms with Crippen molar-refractivity contribution in [3.05, 3.63) is 11.9 Å². The van der Waals surface area contributed by atoms with Gasteiger partial charge in [0.05, 0.1) is 18.3 Å². The fourth-order valence-corrected chi connectivity index (χ4v) is 2.38. The molecule has 98 valence electrons. The number of methoxy groups -OCH3 is 1. The molecule has 1 aromatic rings. The van der Waals surface area contributed by atoms with Crippen LogP contribution in [0.15, 0.2) is 6.20 Å². The number of imidazole rings is 1. The van der Waals surface area contributed by atoms with Crippen molar-refractivity contribution in [1.29, 1.82) is 0 Å². The van der Waals surface area contributed by atoms with Gasteiger partial charge in [0.15, 0.2) is 0 Å². The summed E-state index contributed by atoms with van der Waals surface area (Å²) in [6.45, 7) is 7.02. The molecule has 2 unspecified atom stereocenters. The van der Waals surface area contributed by atoms with Crippen LogP contribution in [0.4, 0.5) is 5.95 Å². The molecule has 0 amide bonds. The molecule has 0 aliphatic carbocycles. The molecule has 1 aromatic heterocycles. The van der Waals surface area contributed by atoms with Crippen LogP contribution >= 0.6 is 11.8 Å². The average molecular weight is 257 g/mol. The van der Waals surface area contributed by atoms with Gasteiger partial charge in [-0.2, -0.15) is 11.8 Å². The van der Waals surface area contributed by atoms with Gasteiger partial charge in [-0.05, 0) is 27.0 Å². The average Bonchev–Trinajstić information content (AvgIpc) is 2.60. The number of nitrogens with zero attached hydrogens (tertiary/aromatic N) is 2. The van der Waals surface area contributed by atoms with Gasteiger partial charge in [-0.1, -0.05) is 0 Å². The Morgan fingerprint density at radius 2 is 2.24 bits per heavy atom. The van der Waals surface area contributed by atoms with Gasteiger partial charge in [0, 0.05) is 25.1 Å². The van der Waals surface area contributed by atoms with Crippen LogP contribution in [0, 0.1) is 6.92 Å². The van der Waals surface area contributed by atoms with Crippen LogP contribution in [0.2, 0.25) is 0 Å². The number of aryl methyl sites for hydroxylation is 1. The number of hydrogen-bond donors (Lipinski definition) is 1. The zero-order valence-electron chi connectivity index (χ0n) is 11.4. The van der Waals surface area contributed by atoms with Crippen molar-refractivity contribution in [1.82, 2.24) is 9.55 Å². The number of ether oxygens (including phenoxy) is 1. The Morgan fingerprint density at radius 1 is 1.53 bits per heavy atom. The minimum Gasteiger partial charge on any atom is -0.383 e. The first kappa shape index (κ1) is 14.4. The van der Waals surface area contributed by atoms with E-state index in [1.807, 2.05) is 18.7 Å². The molecule has 1 heterocycles. The molecule has 0 radical (unpaired) electrons. The maximum Gasteiger partial charge on any atom is 0.203 e. The van der Waals surface area contributed by atoms with Gasteiger partial charge in [0.1, 0.15) is 0 Å². The Labute approximate surface area is 108 Å². The summed E-state index contributed by atoms with van der Waals surface area (Å²) in [5, 5.41) is 3.45. The van der Waals surface area contributed by atoms with Crippen LogP contribution in [0.25, 0.3) is 0 Å². The Hall–Kier alpha value is -0.680. The van der Waals surface area contributed by atoms with Crippen LogP contribution in [-0.4, -0.2) is 41.3 Å². The number of anilines is 1. The fraction of sp³-hybridized carbons (Fsp3) is 0.750. The van der Waals surface area contributed by atoms with Crippen LogP contribution in [0.3, 0.4) is 0 Å². The molecule has 0 aliphatic heterocycles. The number of thioether (sulfide) groups is 1. The molecule has 5 heteroatoms. The SMILES string of the molecule is COCC(C)n1cc(C)nc1NC(C)CSC. The smallest absolute Gasteiger partial charge is 0.203 e. The second-order valence-corrected chi connectivity index (χ2v) is 5.33. The highest BCUT2D eigenvalue weighted by molar-refractivity contribution is 7.98. The second-order valence-electron chi connectivity index (χ2n) is 4.42. The lowest BCUT2D eigenvalue weighted by atomic mass is 10.3. The molecule has 1 rings (SSSR count). The third-order valence-corrected chi connectivity index (χ3v) is 3.36. The third-order valence-electron chi connectivity index (χ3n) is 2.53. The van der Waals surface area contributed by atoms with E-state index in [-0.39, 0.29) is 0 Å². The van der Waals surface area contributed by atoms with Crippen molar-refractivity contribution < 1.29 is 4.74 Å². The van der Waals surface area contributed by atoms with Crippen LogP contribution < -0.4 is 5.32 Å². The van der Waals surface area contributed by atoms with E-state index in [2.05, 4.69) is 41.2 Å². The van der Waals surface area contributed by atoms with Crippen LogP contribution in [0.5, 0.6) is 0 Å². The van der Waals surface area contributed by atoms with E-state index in [9.17, 15) is 0 Å². The number of nitrogens with one attached hydrogen (secondary N) is 1. The number of hydrogen-bond acceptors (Lipinski definition) is 4. The highest BCUT2D eigenvalue weighted by atomic mass is 32.2. The first-order valence-electron chi connectivity index (χ1n) is 5.88. The van der Waals surface area contributed by atoms with Crippen molar-refractivity contribution in [3.63, 3.8) is 0 Å². The summed E-state index contributed by atoms with van der Waals surface area (Å²) < 4.78 is 7.34. The summed E-state index contributed by atoms with van der Waals surface area (Å²) in [5.74, 6) is 2.01. The summed E-state index contributed by atoms with van der Waals surface area (Å²) in [4.78, 5) is 4.52. The van der Waals surface area contributed by atoms with E-state index in [1.165, 1.54) is 0 Å². The van der Waals surface area contributed by atoms with Crippen molar-refractivity contribution in [2.45, 2.75) is 32.9 Å². The Morgan fingerprint density at radius 3 is 2.82 bits per heavy atom. The molecule has 0 aliphatic rings. The zero-order valence-corrected chi connectivity index (χ0v) is 12.2. The minimum atomic E-state index is 0.296. The predicted molar refractivity (Wildman–Crippen MR) is 75.0 cm³/mol. The maximum atomic E-state index is 5.19. The Balaban J connectivity index is 2.76. The van der Waals surface area contributed by atoms with Crippen molar-refractivity contribution >= 4 is 17.7 Å². The Kier molecular flexibility index (Phi) is 5.85. The third kappa shape index (κ3) is 4.24. The lowest BCUT2D eigenvalue weighted by molar-refractivity contribution is 0.163. The summed E-state index contributed by atoms with van der Waals surface area (Å²) in [7, 11) is 1.73. The largest absolute Gasteiger partial charge is 0.383 e. The van der Waals surface area contributed by atoms with Crippen molar-refractivity contribution in [2.24, 2.45) is 0 Å². The van der Waals surface area contributed by atoms with E-state index in [0.717, 1.165) is 17.4 Å². The molecule has 17 heavy (non-hydrogen) atoms. The molecular weight excluding hydrogens is 234 g/mol. The van der Waals surface area contributed by atoms with Gasteiger partial charge in [0.25, 0.3) is 0 Å². The molecule has 1 N–H and O–H groups in total. The highest BCUT2D eigenvalue weighted by Gasteiger charge is 2.13. The first-order valence-corrected chi connectivity index (χ1v) is 7.27. The molecule has 4 nitrogen and oxygen atoms in total. The molecule has 0 spiro atoms. The monoisotopic (exact) mass is 257 g/mol. The van der Waals surface area contributed by atoms with E-state index < -0.39 is 0 Å².